The zero-order valence-corrected chi connectivity index (χ0v) is 9.28. The van der Waals surface area contributed by atoms with Crippen LogP contribution in [0.2, 0.25) is 5.02 Å². The normalized spacial score (nSPS) is 10.4. The van der Waals surface area contributed by atoms with Crippen LogP contribution >= 0.6 is 11.6 Å². The molecule has 0 spiro atoms. The fourth-order valence-corrected chi connectivity index (χ4v) is 1.85. The van der Waals surface area contributed by atoms with Crippen LogP contribution in [0.1, 0.15) is 10.4 Å². The van der Waals surface area contributed by atoms with Crippen molar-refractivity contribution in [2.45, 2.75) is 0 Å². The largest absolute Gasteiger partial charge is 0.496 e. The van der Waals surface area contributed by atoms with Crippen molar-refractivity contribution in [1.29, 1.82) is 0 Å². The summed E-state index contributed by atoms with van der Waals surface area (Å²) in [5, 5.41) is 11.1. The summed E-state index contributed by atoms with van der Waals surface area (Å²) in [5.41, 5.74) is 0.164. The van der Waals surface area contributed by atoms with E-state index in [4.69, 9.17) is 21.4 Å². The molecule has 2 aromatic rings. The molecule has 16 heavy (non-hydrogen) atoms. The molecule has 4 heteroatoms. The van der Waals surface area contributed by atoms with Gasteiger partial charge in [-0.2, -0.15) is 0 Å². The molecule has 82 valence electrons. The Kier molecular flexibility index (Phi) is 2.71. The van der Waals surface area contributed by atoms with Crippen LogP contribution in [-0.4, -0.2) is 18.2 Å². The first-order valence-electron chi connectivity index (χ1n) is 4.63. The third-order valence-corrected chi connectivity index (χ3v) is 2.61. The van der Waals surface area contributed by atoms with Gasteiger partial charge in [-0.3, -0.25) is 0 Å². The van der Waals surface area contributed by atoms with Gasteiger partial charge in [0.1, 0.15) is 11.3 Å². The molecule has 0 aliphatic carbocycles. The van der Waals surface area contributed by atoms with Crippen molar-refractivity contribution in [1.82, 2.24) is 0 Å². The van der Waals surface area contributed by atoms with Gasteiger partial charge in [-0.05, 0) is 23.6 Å². The summed E-state index contributed by atoms with van der Waals surface area (Å²) < 4.78 is 5.03. The van der Waals surface area contributed by atoms with Crippen molar-refractivity contribution in [3.8, 4) is 5.75 Å². The van der Waals surface area contributed by atoms with E-state index in [9.17, 15) is 4.79 Å². The number of fused-ring (bicyclic) bond motifs is 1. The molecule has 0 aromatic heterocycles. The van der Waals surface area contributed by atoms with Crippen molar-refractivity contribution in [3.05, 3.63) is 40.9 Å². The average molecular weight is 237 g/mol. The smallest absolute Gasteiger partial charge is 0.340 e. The number of rotatable bonds is 2. The molecule has 0 aliphatic rings. The third-order valence-electron chi connectivity index (χ3n) is 2.38. The van der Waals surface area contributed by atoms with Gasteiger partial charge in [0.15, 0.2) is 0 Å². The number of halogens is 1. The number of ether oxygens (including phenoxy) is 1. The molecule has 0 heterocycles. The topological polar surface area (TPSA) is 46.5 Å². The molecule has 0 unspecified atom stereocenters. The Balaban J connectivity index is 2.84. The van der Waals surface area contributed by atoms with E-state index in [1.807, 2.05) is 0 Å². The minimum atomic E-state index is -1.01. The van der Waals surface area contributed by atoms with E-state index in [1.165, 1.54) is 7.11 Å². The van der Waals surface area contributed by atoms with Gasteiger partial charge in [0, 0.05) is 10.4 Å². The highest BCUT2D eigenvalue weighted by atomic mass is 35.5. The Morgan fingerprint density at radius 1 is 1.31 bits per heavy atom. The summed E-state index contributed by atoms with van der Waals surface area (Å²) in [6.45, 7) is 0. The summed E-state index contributed by atoms with van der Waals surface area (Å²) in [7, 11) is 1.45. The fourth-order valence-electron chi connectivity index (χ4n) is 1.67. The SMILES string of the molecule is COc1ccc2cc(Cl)ccc2c1C(=O)O. The lowest BCUT2D eigenvalue weighted by atomic mass is 10.0. The maximum atomic E-state index is 11.2. The van der Waals surface area contributed by atoms with Gasteiger partial charge in [0.2, 0.25) is 0 Å². The molecule has 0 bridgehead atoms. The lowest BCUT2D eigenvalue weighted by Crippen LogP contribution is -2.01. The van der Waals surface area contributed by atoms with E-state index >= 15 is 0 Å². The molecule has 1 N–H and O–H groups in total. The lowest BCUT2D eigenvalue weighted by molar-refractivity contribution is 0.0695. The second kappa shape index (κ2) is 4.02. The third kappa shape index (κ3) is 1.70. The molecule has 0 radical (unpaired) electrons. The summed E-state index contributed by atoms with van der Waals surface area (Å²) in [6, 6.07) is 8.48. The monoisotopic (exact) mass is 236 g/mol. The first-order chi connectivity index (χ1) is 7.63. The van der Waals surface area contributed by atoms with Gasteiger partial charge < -0.3 is 9.84 Å². The van der Waals surface area contributed by atoms with Gasteiger partial charge in [-0.25, -0.2) is 4.79 Å². The predicted molar refractivity (Wildman–Crippen MR) is 62.5 cm³/mol. The summed E-state index contributed by atoms with van der Waals surface area (Å²) in [5.74, 6) is -0.660. The number of methoxy groups -OCH3 is 1. The highest BCUT2D eigenvalue weighted by Gasteiger charge is 2.14. The second-order valence-corrected chi connectivity index (χ2v) is 3.75. The molecular formula is C12H9ClO3. The van der Waals surface area contributed by atoms with Crippen LogP contribution in [0.5, 0.6) is 5.75 Å². The first-order valence-corrected chi connectivity index (χ1v) is 5.01. The van der Waals surface area contributed by atoms with Crippen LogP contribution in [0.3, 0.4) is 0 Å². The van der Waals surface area contributed by atoms with Gasteiger partial charge in [-0.15, -0.1) is 0 Å². The number of hydrogen-bond donors (Lipinski definition) is 1. The minimum Gasteiger partial charge on any atom is -0.496 e. The Hall–Kier alpha value is -1.74. The summed E-state index contributed by atoms with van der Waals surface area (Å²) in [4.78, 5) is 11.2. The zero-order chi connectivity index (χ0) is 11.7. The first kappa shape index (κ1) is 10.8. The Labute approximate surface area is 97.2 Å². The van der Waals surface area contributed by atoms with Crippen LogP contribution in [0, 0.1) is 0 Å². The van der Waals surface area contributed by atoms with E-state index in [0.717, 1.165) is 5.39 Å². The number of benzene rings is 2. The summed E-state index contributed by atoms with van der Waals surface area (Å²) in [6.07, 6.45) is 0. The molecule has 0 saturated carbocycles. The van der Waals surface area contributed by atoms with Gasteiger partial charge in [0.05, 0.1) is 7.11 Å². The highest BCUT2D eigenvalue weighted by Crippen LogP contribution is 2.29. The molecule has 3 nitrogen and oxygen atoms in total. The number of carboxylic acid groups (broad SMARTS) is 1. The van der Waals surface area contributed by atoms with Crippen molar-refractivity contribution >= 4 is 28.3 Å². The van der Waals surface area contributed by atoms with Crippen molar-refractivity contribution < 1.29 is 14.6 Å². The van der Waals surface area contributed by atoms with Gasteiger partial charge in [-0.1, -0.05) is 23.7 Å². The molecular weight excluding hydrogens is 228 g/mol. The second-order valence-electron chi connectivity index (χ2n) is 3.31. The van der Waals surface area contributed by atoms with Gasteiger partial charge >= 0.3 is 5.97 Å². The Morgan fingerprint density at radius 3 is 2.69 bits per heavy atom. The quantitative estimate of drug-likeness (QED) is 0.871. The summed E-state index contributed by atoms with van der Waals surface area (Å²) >= 11 is 5.85. The van der Waals surface area contributed by atoms with Gasteiger partial charge in [0.25, 0.3) is 0 Å². The Morgan fingerprint density at radius 2 is 2.06 bits per heavy atom. The molecule has 0 amide bonds. The van der Waals surface area contributed by atoms with Crippen LogP contribution in [-0.2, 0) is 0 Å². The number of aromatic carboxylic acids is 1. The van der Waals surface area contributed by atoms with E-state index in [1.54, 1.807) is 30.3 Å². The van der Waals surface area contributed by atoms with E-state index in [2.05, 4.69) is 0 Å². The minimum absolute atomic E-state index is 0.164. The van der Waals surface area contributed by atoms with Crippen molar-refractivity contribution in [3.63, 3.8) is 0 Å². The molecule has 2 aromatic carbocycles. The number of hydrogen-bond acceptors (Lipinski definition) is 2. The molecule has 0 saturated heterocycles. The number of carbonyl (C=O) groups is 1. The van der Waals surface area contributed by atoms with E-state index in [-0.39, 0.29) is 5.56 Å². The van der Waals surface area contributed by atoms with Crippen LogP contribution < -0.4 is 4.74 Å². The molecule has 2 rings (SSSR count). The zero-order valence-electron chi connectivity index (χ0n) is 8.53. The predicted octanol–water partition coefficient (Wildman–Crippen LogP) is 3.20. The molecule has 0 fully saturated rings. The van der Waals surface area contributed by atoms with Crippen molar-refractivity contribution in [2.75, 3.05) is 7.11 Å². The maximum absolute atomic E-state index is 11.2. The lowest BCUT2D eigenvalue weighted by Gasteiger charge is -2.08. The maximum Gasteiger partial charge on any atom is 0.340 e. The molecule has 0 atom stereocenters. The van der Waals surface area contributed by atoms with Crippen molar-refractivity contribution in [2.24, 2.45) is 0 Å². The van der Waals surface area contributed by atoms with E-state index in [0.29, 0.717) is 16.2 Å². The standard InChI is InChI=1S/C12H9ClO3/c1-16-10-5-2-7-6-8(13)3-4-9(7)11(10)12(14)15/h2-6H,1H3,(H,14,15). The van der Waals surface area contributed by atoms with Crippen LogP contribution in [0.15, 0.2) is 30.3 Å². The number of carboxylic acids is 1. The molecule has 0 aliphatic heterocycles. The van der Waals surface area contributed by atoms with Crippen LogP contribution in [0.25, 0.3) is 10.8 Å². The average Bonchev–Trinajstić information content (AvgIpc) is 2.26. The fraction of sp³-hybridized carbons (Fsp3) is 0.0833. The Bertz CT molecular complexity index is 563. The highest BCUT2D eigenvalue weighted by molar-refractivity contribution is 6.31. The van der Waals surface area contributed by atoms with E-state index < -0.39 is 5.97 Å². The van der Waals surface area contributed by atoms with Crippen LogP contribution in [0.4, 0.5) is 0 Å².